The summed E-state index contributed by atoms with van der Waals surface area (Å²) < 4.78 is 0. The Kier molecular flexibility index (Phi) is 4.53. The van der Waals surface area contributed by atoms with Crippen LogP contribution in [0.5, 0.6) is 0 Å². The number of nitro benzene ring substituents is 1. The van der Waals surface area contributed by atoms with E-state index in [0.717, 1.165) is 0 Å². The van der Waals surface area contributed by atoms with Crippen molar-refractivity contribution >= 4 is 40.5 Å². The van der Waals surface area contributed by atoms with Gasteiger partial charge in [0, 0.05) is 17.0 Å². The molecule has 0 fully saturated rings. The van der Waals surface area contributed by atoms with Gasteiger partial charge in [0.2, 0.25) is 5.91 Å². The third-order valence-corrected chi connectivity index (χ3v) is 3.26. The second-order valence-corrected chi connectivity index (χ2v) is 5.09. The summed E-state index contributed by atoms with van der Waals surface area (Å²) in [4.78, 5) is 22.1. The van der Waals surface area contributed by atoms with Crippen LogP contribution < -0.4 is 5.32 Å². The minimum absolute atomic E-state index is 0.104. The highest BCUT2D eigenvalue weighted by Crippen LogP contribution is 2.29. The third-order valence-electron chi connectivity index (χ3n) is 2.35. The van der Waals surface area contributed by atoms with Crippen LogP contribution in [0.2, 0.25) is 5.02 Å². The van der Waals surface area contributed by atoms with Crippen molar-refractivity contribution in [3.63, 3.8) is 0 Å². The summed E-state index contributed by atoms with van der Waals surface area (Å²) in [5, 5.41) is 13.6. The minimum atomic E-state index is -0.810. The summed E-state index contributed by atoms with van der Waals surface area (Å²) in [6.07, 6.45) is 0. The molecule has 0 saturated carbocycles. The van der Waals surface area contributed by atoms with Gasteiger partial charge in [0.05, 0.1) is 10.3 Å². The Morgan fingerprint density at radius 3 is 2.61 bits per heavy atom. The summed E-state index contributed by atoms with van der Waals surface area (Å²) in [5.74, 6) is -0.275. The molecule has 0 bridgehead atoms. The Morgan fingerprint density at radius 1 is 1.50 bits per heavy atom. The van der Waals surface area contributed by atoms with Crippen molar-refractivity contribution in [3.8, 4) is 0 Å². The summed E-state index contributed by atoms with van der Waals surface area (Å²) in [6.45, 7) is 3.30. The van der Waals surface area contributed by atoms with Crippen molar-refractivity contribution in [2.45, 2.75) is 13.8 Å². The van der Waals surface area contributed by atoms with Crippen LogP contribution in [0, 0.1) is 15.5 Å². The molecule has 1 amide bonds. The lowest BCUT2D eigenvalue weighted by atomic mass is 9.95. The van der Waals surface area contributed by atoms with Gasteiger partial charge < -0.3 is 5.32 Å². The number of benzene rings is 1. The molecule has 1 aromatic carbocycles. The fourth-order valence-electron chi connectivity index (χ4n) is 1.11. The average molecular weight is 291 g/mol. The number of anilines is 1. The molecule has 0 aliphatic carbocycles. The van der Waals surface area contributed by atoms with E-state index in [1.807, 2.05) is 0 Å². The zero-order valence-corrected chi connectivity index (χ0v) is 11.4. The van der Waals surface area contributed by atoms with Crippen LogP contribution in [-0.4, -0.2) is 16.7 Å². The van der Waals surface area contributed by atoms with Crippen LogP contribution in [0.4, 0.5) is 11.4 Å². The van der Waals surface area contributed by atoms with Crippen LogP contribution >= 0.6 is 23.2 Å². The first-order valence-electron chi connectivity index (χ1n) is 5.09. The minimum Gasteiger partial charge on any atom is -0.320 e. The zero-order chi connectivity index (χ0) is 13.9. The first-order chi connectivity index (χ1) is 8.27. The SMILES string of the molecule is CC(C)(CCl)C(=O)Nc1ccc(Cl)cc1[N+](=O)[O-]. The molecule has 0 heterocycles. The fourth-order valence-corrected chi connectivity index (χ4v) is 1.40. The van der Waals surface area contributed by atoms with E-state index in [0.29, 0.717) is 0 Å². The average Bonchev–Trinajstić information content (AvgIpc) is 2.31. The Balaban J connectivity index is 3.05. The molecule has 0 atom stereocenters. The Bertz CT molecular complexity index is 489. The number of amides is 1. The van der Waals surface area contributed by atoms with Crippen LogP contribution in [0.25, 0.3) is 0 Å². The predicted octanol–water partition coefficient (Wildman–Crippen LogP) is 3.45. The number of carbonyl (C=O) groups is 1. The molecule has 7 heteroatoms. The molecular weight excluding hydrogens is 279 g/mol. The number of nitrogens with one attached hydrogen (secondary N) is 1. The van der Waals surface area contributed by atoms with E-state index in [9.17, 15) is 14.9 Å². The second-order valence-electron chi connectivity index (χ2n) is 4.39. The van der Waals surface area contributed by atoms with Gasteiger partial charge in [-0.3, -0.25) is 14.9 Å². The molecule has 0 unspecified atom stereocenters. The summed E-state index contributed by atoms with van der Waals surface area (Å²) in [7, 11) is 0. The van der Waals surface area contributed by atoms with Gasteiger partial charge in [-0.05, 0) is 26.0 Å². The summed E-state index contributed by atoms with van der Waals surface area (Å²) >= 11 is 11.3. The van der Waals surface area contributed by atoms with E-state index in [4.69, 9.17) is 23.2 Å². The van der Waals surface area contributed by atoms with E-state index in [2.05, 4.69) is 5.32 Å². The van der Waals surface area contributed by atoms with Crippen molar-refractivity contribution in [2.75, 3.05) is 11.2 Å². The number of hydrogen-bond acceptors (Lipinski definition) is 3. The third kappa shape index (κ3) is 3.34. The molecule has 1 rings (SSSR count). The van der Waals surface area contributed by atoms with Crippen molar-refractivity contribution in [3.05, 3.63) is 33.3 Å². The first kappa shape index (κ1) is 14.7. The second kappa shape index (κ2) is 5.54. The maximum absolute atomic E-state index is 11.9. The number of rotatable bonds is 4. The van der Waals surface area contributed by atoms with Gasteiger partial charge in [0.25, 0.3) is 5.69 Å². The topological polar surface area (TPSA) is 72.2 Å². The maximum atomic E-state index is 11.9. The molecule has 0 spiro atoms. The summed E-state index contributed by atoms with van der Waals surface area (Å²) in [6, 6.07) is 4.05. The molecule has 98 valence electrons. The maximum Gasteiger partial charge on any atom is 0.294 e. The van der Waals surface area contributed by atoms with Crippen LogP contribution in [-0.2, 0) is 4.79 Å². The van der Waals surface area contributed by atoms with Gasteiger partial charge in [-0.15, -0.1) is 11.6 Å². The lowest BCUT2D eigenvalue weighted by Gasteiger charge is -2.20. The van der Waals surface area contributed by atoms with Gasteiger partial charge in [0.15, 0.2) is 0 Å². The van der Waals surface area contributed by atoms with E-state index >= 15 is 0 Å². The number of carbonyl (C=O) groups excluding carboxylic acids is 1. The lowest BCUT2D eigenvalue weighted by Crippen LogP contribution is -2.32. The highest BCUT2D eigenvalue weighted by Gasteiger charge is 2.28. The molecule has 1 N–H and O–H groups in total. The molecule has 0 aliphatic rings. The lowest BCUT2D eigenvalue weighted by molar-refractivity contribution is -0.383. The molecule has 18 heavy (non-hydrogen) atoms. The van der Waals surface area contributed by atoms with Gasteiger partial charge in [0.1, 0.15) is 5.69 Å². The largest absolute Gasteiger partial charge is 0.320 e. The molecule has 0 aromatic heterocycles. The standard InChI is InChI=1S/C11H12Cl2N2O3/c1-11(2,6-12)10(16)14-8-4-3-7(13)5-9(8)15(17)18/h3-5H,6H2,1-2H3,(H,14,16). The quantitative estimate of drug-likeness (QED) is 0.524. The van der Waals surface area contributed by atoms with Gasteiger partial charge in [-0.2, -0.15) is 0 Å². The highest BCUT2D eigenvalue weighted by atomic mass is 35.5. The molecule has 5 nitrogen and oxygen atoms in total. The molecular formula is C11H12Cl2N2O3. The molecule has 0 saturated heterocycles. The predicted molar refractivity (Wildman–Crippen MR) is 71.2 cm³/mol. The van der Waals surface area contributed by atoms with Crippen molar-refractivity contribution in [1.29, 1.82) is 0 Å². The molecule has 0 radical (unpaired) electrons. The van der Waals surface area contributed by atoms with E-state index in [1.54, 1.807) is 13.8 Å². The van der Waals surface area contributed by atoms with Gasteiger partial charge >= 0.3 is 0 Å². The Morgan fingerprint density at radius 2 is 2.11 bits per heavy atom. The van der Waals surface area contributed by atoms with Crippen LogP contribution in [0.1, 0.15) is 13.8 Å². The van der Waals surface area contributed by atoms with Gasteiger partial charge in [-0.1, -0.05) is 11.6 Å². The Hall–Kier alpha value is -1.33. The molecule has 0 aliphatic heterocycles. The van der Waals surface area contributed by atoms with E-state index in [-0.39, 0.29) is 28.2 Å². The number of hydrogen-bond donors (Lipinski definition) is 1. The van der Waals surface area contributed by atoms with Crippen molar-refractivity contribution < 1.29 is 9.72 Å². The van der Waals surface area contributed by atoms with Crippen molar-refractivity contribution in [1.82, 2.24) is 0 Å². The smallest absolute Gasteiger partial charge is 0.294 e. The molecule has 1 aromatic rings. The summed E-state index contributed by atoms with van der Waals surface area (Å²) in [5.41, 5.74) is -0.955. The first-order valence-corrected chi connectivity index (χ1v) is 6.00. The Labute approximate surface area is 114 Å². The zero-order valence-electron chi connectivity index (χ0n) is 9.87. The number of halogens is 2. The van der Waals surface area contributed by atoms with Gasteiger partial charge in [-0.25, -0.2) is 0 Å². The fraction of sp³-hybridized carbons (Fsp3) is 0.364. The monoisotopic (exact) mass is 290 g/mol. The van der Waals surface area contributed by atoms with Crippen LogP contribution in [0.3, 0.4) is 0 Å². The van der Waals surface area contributed by atoms with E-state index in [1.165, 1.54) is 18.2 Å². The normalized spacial score (nSPS) is 11.1. The number of nitro groups is 1. The number of alkyl halides is 1. The highest BCUT2D eigenvalue weighted by molar-refractivity contribution is 6.31. The van der Waals surface area contributed by atoms with Crippen molar-refractivity contribution in [2.24, 2.45) is 5.41 Å². The number of nitrogens with zero attached hydrogens (tertiary/aromatic N) is 1. The van der Waals surface area contributed by atoms with Crippen LogP contribution in [0.15, 0.2) is 18.2 Å². The van der Waals surface area contributed by atoms with E-state index < -0.39 is 10.3 Å².